The zero-order chi connectivity index (χ0) is 15.4. The van der Waals surface area contributed by atoms with Crippen molar-refractivity contribution in [1.29, 1.82) is 0 Å². The molecule has 1 amide bonds. The Labute approximate surface area is 134 Å². The Morgan fingerprint density at radius 2 is 2.32 bits per heavy atom. The van der Waals surface area contributed by atoms with Crippen LogP contribution in [0.3, 0.4) is 0 Å². The summed E-state index contributed by atoms with van der Waals surface area (Å²) in [5.41, 5.74) is 0.479. The van der Waals surface area contributed by atoms with E-state index in [1.165, 1.54) is 17.8 Å². The SMILES string of the molecule is CCCN1CCC(NC(=O)c2csc(-c3ccco3)n2)CC1. The van der Waals surface area contributed by atoms with E-state index in [0.717, 1.165) is 37.5 Å². The standard InChI is InChI=1S/C16H21N3O2S/c1-2-7-19-8-5-12(6-9-19)17-15(20)13-11-22-16(18-13)14-4-3-10-21-14/h3-4,10-12H,2,5-9H2,1H3,(H,17,20). The Balaban J connectivity index is 1.54. The molecule has 0 radical (unpaired) electrons. The van der Waals surface area contributed by atoms with Crippen molar-refractivity contribution in [1.82, 2.24) is 15.2 Å². The number of hydrogen-bond acceptors (Lipinski definition) is 5. The maximum Gasteiger partial charge on any atom is 0.270 e. The zero-order valence-electron chi connectivity index (χ0n) is 12.7. The van der Waals surface area contributed by atoms with Gasteiger partial charge in [-0.1, -0.05) is 6.92 Å². The molecule has 0 aromatic carbocycles. The summed E-state index contributed by atoms with van der Waals surface area (Å²) in [7, 11) is 0. The van der Waals surface area contributed by atoms with Crippen LogP contribution in [0, 0.1) is 0 Å². The van der Waals surface area contributed by atoms with Gasteiger partial charge in [-0.15, -0.1) is 11.3 Å². The molecule has 0 atom stereocenters. The average molecular weight is 319 g/mol. The third-order valence-electron chi connectivity index (χ3n) is 3.93. The molecule has 22 heavy (non-hydrogen) atoms. The summed E-state index contributed by atoms with van der Waals surface area (Å²) in [5, 5.41) is 5.64. The summed E-state index contributed by atoms with van der Waals surface area (Å²) in [4.78, 5) is 19.1. The van der Waals surface area contributed by atoms with Crippen molar-refractivity contribution >= 4 is 17.2 Å². The van der Waals surface area contributed by atoms with Gasteiger partial charge in [-0.2, -0.15) is 0 Å². The second-order valence-corrected chi connectivity index (χ2v) is 6.46. The number of nitrogens with one attached hydrogen (secondary N) is 1. The van der Waals surface area contributed by atoms with Gasteiger partial charge < -0.3 is 14.6 Å². The average Bonchev–Trinajstić information content (AvgIpc) is 3.20. The maximum atomic E-state index is 12.3. The zero-order valence-corrected chi connectivity index (χ0v) is 13.6. The molecule has 5 nitrogen and oxygen atoms in total. The Kier molecular flexibility index (Phi) is 4.90. The maximum absolute atomic E-state index is 12.3. The van der Waals surface area contributed by atoms with Gasteiger partial charge in [0.25, 0.3) is 5.91 Å². The number of piperidine rings is 1. The van der Waals surface area contributed by atoms with Crippen LogP contribution in [-0.4, -0.2) is 41.5 Å². The molecule has 6 heteroatoms. The van der Waals surface area contributed by atoms with Crippen molar-refractivity contribution in [3.8, 4) is 10.8 Å². The molecule has 1 aliphatic rings. The first kappa shape index (κ1) is 15.2. The number of nitrogens with zero attached hydrogens (tertiary/aromatic N) is 2. The van der Waals surface area contributed by atoms with Crippen LogP contribution in [-0.2, 0) is 0 Å². The summed E-state index contributed by atoms with van der Waals surface area (Å²) in [6.07, 6.45) is 4.83. The number of likely N-dealkylation sites (tertiary alicyclic amines) is 1. The summed E-state index contributed by atoms with van der Waals surface area (Å²) >= 11 is 1.43. The van der Waals surface area contributed by atoms with Crippen molar-refractivity contribution < 1.29 is 9.21 Å². The van der Waals surface area contributed by atoms with Crippen molar-refractivity contribution in [3.05, 3.63) is 29.5 Å². The second-order valence-electron chi connectivity index (χ2n) is 5.60. The summed E-state index contributed by atoms with van der Waals surface area (Å²) in [5.74, 6) is 0.625. The summed E-state index contributed by atoms with van der Waals surface area (Å²) in [6.45, 7) is 5.48. The topological polar surface area (TPSA) is 58.4 Å². The minimum Gasteiger partial charge on any atom is -0.462 e. The molecule has 0 bridgehead atoms. The van der Waals surface area contributed by atoms with E-state index in [4.69, 9.17) is 4.42 Å². The number of aromatic nitrogens is 1. The van der Waals surface area contributed by atoms with E-state index in [-0.39, 0.29) is 11.9 Å². The molecule has 1 saturated heterocycles. The minimum atomic E-state index is -0.0806. The van der Waals surface area contributed by atoms with Crippen molar-refractivity contribution in [2.24, 2.45) is 0 Å². The van der Waals surface area contributed by atoms with Crippen LogP contribution in [0.25, 0.3) is 10.8 Å². The first-order valence-electron chi connectivity index (χ1n) is 7.79. The third kappa shape index (κ3) is 3.56. The predicted octanol–water partition coefficient (Wildman–Crippen LogP) is 3.01. The van der Waals surface area contributed by atoms with Crippen molar-refractivity contribution in [2.75, 3.05) is 19.6 Å². The molecule has 1 fully saturated rings. The lowest BCUT2D eigenvalue weighted by Crippen LogP contribution is -2.44. The van der Waals surface area contributed by atoms with Gasteiger partial charge in [0.1, 0.15) is 5.69 Å². The van der Waals surface area contributed by atoms with Crippen LogP contribution in [0.15, 0.2) is 28.2 Å². The number of hydrogen-bond donors (Lipinski definition) is 1. The first-order chi connectivity index (χ1) is 10.8. The Hall–Kier alpha value is -1.66. The molecule has 0 spiro atoms. The molecule has 1 N–H and O–H groups in total. The lowest BCUT2D eigenvalue weighted by Gasteiger charge is -2.31. The summed E-state index contributed by atoms with van der Waals surface area (Å²) in [6, 6.07) is 3.93. The minimum absolute atomic E-state index is 0.0806. The van der Waals surface area contributed by atoms with E-state index >= 15 is 0 Å². The highest BCUT2D eigenvalue weighted by Gasteiger charge is 2.22. The highest BCUT2D eigenvalue weighted by atomic mass is 32.1. The molecule has 1 aliphatic heterocycles. The van der Waals surface area contributed by atoms with Crippen LogP contribution in [0.5, 0.6) is 0 Å². The number of amides is 1. The van der Waals surface area contributed by atoms with E-state index in [9.17, 15) is 4.79 Å². The Morgan fingerprint density at radius 1 is 1.50 bits per heavy atom. The smallest absolute Gasteiger partial charge is 0.270 e. The fraction of sp³-hybridized carbons (Fsp3) is 0.500. The number of furan rings is 1. The molecule has 0 unspecified atom stereocenters. The van der Waals surface area contributed by atoms with Gasteiger partial charge in [-0.05, 0) is 37.9 Å². The van der Waals surface area contributed by atoms with Gasteiger partial charge in [-0.3, -0.25) is 4.79 Å². The van der Waals surface area contributed by atoms with Crippen molar-refractivity contribution in [2.45, 2.75) is 32.2 Å². The predicted molar refractivity (Wildman–Crippen MR) is 87.0 cm³/mol. The van der Waals surface area contributed by atoms with E-state index < -0.39 is 0 Å². The van der Waals surface area contributed by atoms with Gasteiger partial charge in [0.05, 0.1) is 6.26 Å². The first-order valence-corrected chi connectivity index (χ1v) is 8.67. The van der Waals surface area contributed by atoms with E-state index in [1.807, 2.05) is 12.1 Å². The van der Waals surface area contributed by atoms with Crippen LogP contribution in [0.4, 0.5) is 0 Å². The summed E-state index contributed by atoms with van der Waals surface area (Å²) < 4.78 is 5.31. The molecule has 2 aromatic rings. The molecule has 3 rings (SSSR count). The molecule has 3 heterocycles. The normalized spacial score (nSPS) is 16.8. The number of rotatable bonds is 5. The Bertz CT molecular complexity index is 601. The number of thiazole rings is 1. The fourth-order valence-corrected chi connectivity index (χ4v) is 3.53. The van der Waals surface area contributed by atoms with Gasteiger partial charge in [0.15, 0.2) is 10.8 Å². The van der Waals surface area contributed by atoms with Crippen LogP contribution in [0.2, 0.25) is 0 Å². The van der Waals surface area contributed by atoms with E-state index in [1.54, 1.807) is 11.6 Å². The van der Waals surface area contributed by atoms with Crippen molar-refractivity contribution in [3.63, 3.8) is 0 Å². The molecule has 118 valence electrons. The largest absolute Gasteiger partial charge is 0.462 e. The highest BCUT2D eigenvalue weighted by molar-refractivity contribution is 7.13. The van der Waals surface area contributed by atoms with E-state index in [2.05, 4.69) is 22.1 Å². The Morgan fingerprint density at radius 3 is 3.00 bits per heavy atom. The van der Waals surface area contributed by atoms with E-state index in [0.29, 0.717) is 11.5 Å². The molecule has 2 aromatic heterocycles. The van der Waals surface area contributed by atoms with Gasteiger partial charge in [0.2, 0.25) is 0 Å². The monoisotopic (exact) mass is 319 g/mol. The second kappa shape index (κ2) is 7.07. The lowest BCUT2D eigenvalue weighted by atomic mass is 10.0. The quantitative estimate of drug-likeness (QED) is 0.920. The molecule has 0 aliphatic carbocycles. The van der Waals surface area contributed by atoms with Crippen LogP contribution < -0.4 is 5.32 Å². The number of carbonyl (C=O) groups excluding carboxylic acids is 1. The van der Waals surface area contributed by atoms with Crippen LogP contribution in [0.1, 0.15) is 36.7 Å². The number of carbonyl (C=O) groups is 1. The highest BCUT2D eigenvalue weighted by Crippen LogP contribution is 2.24. The van der Waals surface area contributed by atoms with Gasteiger partial charge in [-0.25, -0.2) is 4.98 Å². The molecular weight excluding hydrogens is 298 g/mol. The third-order valence-corrected chi connectivity index (χ3v) is 4.79. The van der Waals surface area contributed by atoms with Gasteiger partial charge in [0, 0.05) is 24.5 Å². The molecular formula is C16H21N3O2S. The lowest BCUT2D eigenvalue weighted by molar-refractivity contribution is 0.0907. The van der Waals surface area contributed by atoms with Gasteiger partial charge >= 0.3 is 0 Å². The van der Waals surface area contributed by atoms with Crippen LogP contribution >= 0.6 is 11.3 Å². The molecule has 0 saturated carbocycles. The fourth-order valence-electron chi connectivity index (χ4n) is 2.77.